The van der Waals surface area contributed by atoms with Crippen molar-refractivity contribution in [3.8, 4) is 17.2 Å². The van der Waals surface area contributed by atoms with E-state index >= 15 is 0 Å². The van der Waals surface area contributed by atoms with Crippen LogP contribution in [0.25, 0.3) is 16.6 Å². The molecule has 6 aromatic rings. The Morgan fingerprint density at radius 1 is 1.03 bits per heavy atom. The van der Waals surface area contributed by atoms with E-state index in [1.807, 2.05) is 72.4 Å². The standard InChI is InChI=1S/C49H51ClFN7O3S/c1-49(2)16-14-34(42(27-49)32-6-8-35(50)9-7-32)29-57-18-20-58(21-19-57)38-12-13-41(44(24-38)61-39-23-33-15-17-56(3)47(33)53-28-39)48(59)55-62-40-25-43(52)46-45(26-40)60-30-37(54-46)22-31-4-10-36(51)11-5-31/h4-13,15,17,23-26,28,37,54H,14,16,18-22,27,29-30,52H2,1-3H3,(H,55,59)/t37-/m1/s1. The summed E-state index contributed by atoms with van der Waals surface area (Å²) >= 11 is 7.43. The number of ether oxygens (including phenoxy) is 2. The molecule has 0 spiro atoms. The van der Waals surface area contributed by atoms with Gasteiger partial charge in [0.25, 0.3) is 5.91 Å². The number of carbonyl (C=O) groups is 1. The number of anilines is 3. The van der Waals surface area contributed by atoms with Crippen molar-refractivity contribution >= 4 is 63.1 Å². The molecule has 0 bridgehead atoms. The molecule has 1 atom stereocenters. The van der Waals surface area contributed by atoms with E-state index < -0.39 is 0 Å². The number of hydrogen-bond donors (Lipinski definition) is 3. The maximum atomic E-state index is 14.0. The second-order valence-corrected chi connectivity index (χ2v) is 18.7. The number of nitrogen functional groups attached to an aromatic ring is 1. The van der Waals surface area contributed by atoms with Crippen molar-refractivity contribution in [1.82, 2.24) is 19.2 Å². The van der Waals surface area contributed by atoms with Crippen LogP contribution in [0, 0.1) is 11.2 Å². The molecule has 4 N–H and O–H groups in total. The molecule has 13 heteroatoms. The Hall–Kier alpha value is -5.69. The van der Waals surface area contributed by atoms with Crippen LogP contribution in [0.4, 0.5) is 21.5 Å². The molecule has 1 fully saturated rings. The third-order valence-electron chi connectivity index (χ3n) is 12.2. The predicted octanol–water partition coefficient (Wildman–Crippen LogP) is 10.4. The summed E-state index contributed by atoms with van der Waals surface area (Å²) in [7, 11) is 1.95. The van der Waals surface area contributed by atoms with Gasteiger partial charge in [0.05, 0.1) is 23.5 Å². The highest BCUT2D eigenvalue weighted by Gasteiger charge is 2.30. The molecule has 62 heavy (non-hydrogen) atoms. The highest BCUT2D eigenvalue weighted by molar-refractivity contribution is 7.98. The lowest BCUT2D eigenvalue weighted by Gasteiger charge is -2.39. The average Bonchev–Trinajstić information content (AvgIpc) is 3.64. The Balaban J connectivity index is 0.897. The van der Waals surface area contributed by atoms with Gasteiger partial charge in [-0.15, -0.1) is 0 Å². The number of benzene rings is 4. The summed E-state index contributed by atoms with van der Waals surface area (Å²) in [5, 5.41) is 5.18. The van der Waals surface area contributed by atoms with Gasteiger partial charge in [-0.1, -0.05) is 55.3 Å². The average molecular weight is 873 g/mol. The highest BCUT2D eigenvalue weighted by Crippen LogP contribution is 2.44. The summed E-state index contributed by atoms with van der Waals surface area (Å²) in [6.07, 6.45) is 7.65. The molecule has 2 aromatic heterocycles. The second-order valence-electron chi connectivity index (χ2n) is 17.4. The van der Waals surface area contributed by atoms with Crippen LogP contribution in [0.3, 0.4) is 0 Å². The van der Waals surface area contributed by atoms with Crippen LogP contribution in [0.2, 0.25) is 5.02 Å². The molecule has 0 saturated carbocycles. The highest BCUT2D eigenvalue weighted by atomic mass is 35.5. The maximum Gasteiger partial charge on any atom is 0.265 e. The predicted molar refractivity (Wildman–Crippen MR) is 249 cm³/mol. The SMILES string of the molecule is Cn1ccc2cc(Oc3cc(N4CCN(CC5=C(c6ccc(Cl)cc6)CC(C)(C)CC5)CC4)ccc3C(=O)NSc3cc(N)c4c(c3)OC[C@@H](Cc3ccc(F)cc3)N4)cnc21. The summed E-state index contributed by atoms with van der Waals surface area (Å²) in [5.41, 5.74) is 15.5. The molecule has 4 aromatic carbocycles. The zero-order chi connectivity index (χ0) is 43.0. The molecular weight excluding hydrogens is 821 g/mol. The van der Waals surface area contributed by atoms with E-state index in [0.717, 1.165) is 89.7 Å². The Morgan fingerprint density at radius 2 is 1.82 bits per heavy atom. The minimum absolute atomic E-state index is 0.0301. The molecular formula is C49H51ClFN7O3S. The summed E-state index contributed by atoms with van der Waals surface area (Å²) < 4.78 is 31.1. The van der Waals surface area contributed by atoms with Crippen LogP contribution in [0.1, 0.15) is 54.6 Å². The van der Waals surface area contributed by atoms with Gasteiger partial charge in [0.1, 0.15) is 41.0 Å². The van der Waals surface area contributed by atoms with Gasteiger partial charge >= 0.3 is 0 Å². The number of aryl methyl sites for hydroxylation is 1. The molecule has 1 aliphatic carbocycles. The number of allylic oxidation sites excluding steroid dienone is 1. The van der Waals surface area contributed by atoms with Crippen LogP contribution < -0.4 is 30.1 Å². The van der Waals surface area contributed by atoms with Crippen molar-refractivity contribution in [2.24, 2.45) is 12.5 Å². The van der Waals surface area contributed by atoms with Crippen molar-refractivity contribution in [2.45, 2.75) is 50.5 Å². The first kappa shape index (κ1) is 41.7. The maximum absolute atomic E-state index is 14.0. The van der Waals surface area contributed by atoms with Crippen molar-refractivity contribution in [2.75, 3.05) is 55.3 Å². The summed E-state index contributed by atoms with van der Waals surface area (Å²) in [6, 6.07) is 28.2. The van der Waals surface area contributed by atoms with Gasteiger partial charge in [0, 0.05) is 73.0 Å². The van der Waals surface area contributed by atoms with Crippen LogP contribution in [-0.2, 0) is 13.5 Å². The third kappa shape index (κ3) is 9.38. The van der Waals surface area contributed by atoms with E-state index in [1.165, 1.54) is 35.3 Å². The smallest absolute Gasteiger partial charge is 0.265 e. The van der Waals surface area contributed by atoms with Gasteiger partial charge < -0.3 is 30.0 Å². The molecule has 0 unspecified atom stereocenters. The third-order valence-corrected chi connectivity index (χ3v) is 13.2. The van der Waals surface area contributed by atoms with Crippen molar-refractivity contribution in [3.63, 3.8) is 0 Å². The molecule has 1 saturated heterocycles. The van der Waals surface area contributed by atoms with E-state index in [-0.39, 0.29) is 23.2 Å². The minimum Gasteiger partial charge on any atom is -0.489 e. The number of nitrogens with zero attached hydrogens (tertiary/aromatic N) is 4. The Bertz CT molecular complexity index is 2640. The fourth-order valence-corrected chi connectivity index (χ4v) is 9.54. The van der Waals surface area contributed by atoms with Crippen LogP contribution in [0.5, 0.6) is 17.2 Å². The van der Waals surface area contributed by atoms with Crippen molar-refractivity contribution < 1.29 is 18.7 Å². The Labute approximate surface area is 371 Å². The number of amides is 1. The fraction of sp³-hybridized carbons (Fsp3) is 0.306. The summed E-state index contributed by atoms with van der Waals surface area (Å²) in [4.78, 5) is 24.3. The molecule has 9 rings (SSSR count). The number of pyridine rings is 1. The van der Waals surface area contributed by atoms with Crippen molar-refractivity contribution in [1.29, 1.82) is 0 Å². The van der Waals surface area contributed by atoms with Gasteiger partial charge in [0.15, 0.2) is 0 Å². The lowest BCUT2D eigenvalue weighted by molar-refractivity contribution is 0.0982. The van der Waals surface area contributed by atoms with E-state index in [0.29, 0.717) is 47.2 Å². The molecule has 0 radical (unpaired) electrons. The van der Waals surface area contributed by atoms with Crippen LogP contribution >= 0.6 is 23.5 Å². The first-order chi connectivity index (χ1) is 29.9. The quantitative estimate of drug-likeness (QED) is 0.0866. The summed E-state index contributed by atoms with van der Waals surface area (Å²) in [5.74, 6) is 1.00. The first-order valence-corrected chi connectivity index (χ1v) is 22.3. The van der Waals surface area contributed by atoms with Crippen LogP contribution in [-0.4, -0.2) is 65.7 Å². The lowest BCUT2D eigenvalue weighted by Crippen LogP contribution is -2.47. The van der Waals surface area contributed by atoms with Gasteiger partial charge in [-0.05, 0) is 120 Å². The van der Waals surface area contributed by atoms with Gasteiger partial charge in [-0.2, -0.15) is 0 Å². The zero-order valence-electron chi connectivity index (χ0n) is 35.2. The topological polar surface area (TPSA) is 110 Å². The first-order valence-electron chi connectivity index (χ1n) is 21.1. The Kier molecular flexibility index (Phi) is 11.8. The number of fused-ring (bicyclic) bond motifs is 2. The normalized spacial score (nSPS) is 17.6. The molecule has 10 nitrogen and oxygen atoms in total. The lowest BCUT2D eigenvalue weighted by atomic mass is 9.72. The number of hydrogen-bond acceptors (Lipinski definition) is 9. The number of rotatable bonds is 11. The van der Waals surface area contributed by atoms with Gasteiger partial charge in [-0.25, -0.2) is 9.37 Å². The number of piperazine rings is 1. The van der Waals surface area contributed by atoms with E-state index in [2.05, 4.69) is 50.8 Å². The molecule has 320 valence electrons. The number of carbonyl (C=O) groups excluding carboxylic acids is 1. The Morgan fingerprint density at radius 3 is 2.61 bits per heavy atom. The summed E-state index contributed by atoms with van der Waals surface area (Å²) in [6.45, 7) is 9.64. The van der Waals surface area contributed by atoms with E-state index in [1.54, 1.807) is 18.3 Å². The number of aromatic nitrogens is 2. The zero-order valence-corrected chi connectivity index (χ0v) is 36.8. The molecule has 2 aliphatic heterocycles. The monoisotopic (exact) mass is 871 g/mol. The van der Waals surface area contributed by atoms with Crippen LogP contribution in [0.15, 0.2) is 114 Å². The molecule has 4 heterocycles. The van der Waals surface area contributed by atoms with Gasteiger partial charge in [0.2, 0.25) is 0 Å². The number of halogens is 2. The van der Waals surface area contributed by atoms with Gasteiger partial charge in [-0.3, -0.25) is 14.4 Å². The molecule has 1 amide bonds. The second kappa shape index (κ2) is 17.6. The molecule has 3 aliphatic rings. The largest absolute Gasteiger partial charge is 0.489 e. The number of nitrogens with two attached hydrogens (primary N) is 1. The minimum atomic E-state index is -0.315. The van der Waals surface area contributed by atoms with E-state index in [4.69, 9.17) is 26.8 Å². The van der Waals surface area contributed by atoms with Crippen molar-refractivity contribution in [3.05, 3.63) is 136 Å². The number of nitrogens with one attached hydrogen (secondary N) is 2. The van der Waals surface area contributed by atoms with E-state index in [9.17, 15) is 9.18 Å². The fourth-order valence-electron chi connectivity index (χ4n) is 8.74.